The number of carbonyl (C=O) groups is 1. The number of H-pyrrole nitrogens is 1. The first kappa shape index (κ1) is 12.0. The third-order valence-corrected chi connectivity index (χ3v) is 2.67. The van der Waals surface area contributed by atoms with Crippen molar-refractivity contribution in [2.24, 2.45) is 0 Å². The smallest absolute Gasteiger partial charge is 0.258 e. The van der Waals surface area contributed by atoms with Crippen molar-refractivity contribution in [1.29, 1.82) is 0 Å². The molecule has 0 saturated carbocycles. The molecule has 0 atom stereocenters. The van der Waals surface area contributed by atoms with Gasteiger partial charge in [-0.1, -0.05) is 23.2 Å². The number of nitrogens with one attached hydrogen (secondary N) is 2. The van der Waals surface area contributed by atoms with Crippen LogP contribution in [-0.2, 0) is 0 Å². The number of halogens is 2. The van der Waals surface area contributed by atoms with Crippen molar-refractivity contribution in [3.63, 3.8) is 0 Å². The molecule has 1 heterocycles. The Morgan fingerprint density at radius 2 is 2.12 bits per heavy atom. The van der Waals surface area contributed by atoms with Gasteiger partial charge in [0, 0.05) is 16.8 Å². The minimum absolute atomic E-state index is 0.308. The second kappa shape index (κ2) is 4.77. The lowest BCUT2D eigenvalue weighted by molar-refractivity contribution is 0.102. The van der Waals surface area contributed by atoms with Gasteiger partial charge in [0.1, 0.15) is 0 Å². The molecule has 4 nitrogen and oxygen atoms in total. The minimum atomic E-state index is -0.321. The fourth-order valence-corrected chi connectivity index (χ4v) is 1.83. The second-order valence-electron chi connectivity index (χ2n) is 3.51. The van der Waals surface area contributed by atoms with Gasteiger partial charge >= 0.3 is 0 Å². The van der Waals surface area contributed by atoms with Gasteiger partial charge in [0.15, 0.2) is 5.82 Å². The molecule has 0 radical (unpaired) electrons. The fourth-order valence-electron chi connectivity index (χ4n) is 1.34. The summed E-state index contributed by atoms with van der Waals surface area (Å²) in [6.45, 7) is 1.85. The third kappa shape index (κ3) is 2.78. The van der Waals surface area contributed by atoms with Crippen LogP contribution in [0.3, 0.4) is 0 Å². The number of hydrogen-bond donors (Lipinski definition) is 2. The predicted octanol–water partition coefficient (Wildman–Crippen LogP) is 3.28. The Morgan fingerprint density at radius 3 is 2.71 bits per heavy atom. The summed E-state index contributed by atoms with van der Waals surface area (Å²) < 4.78 is 0. The maximum atomic E-state index is 11.9. The fraction of sp³-hybridized carbons (Fsp3) is 0.0909. The number of carbonyl (C=O) groups excluding carboxylic acids is 1. The summed E-state index contributed by atoms with van der Waals surface area (Å²) in [4.78, 5) is 11.9. The number of aryl methyl sites for hydroxylation is 1. The average Bonchev–Trinajstić information content (AvgIpc) is 2.63. The van der Waals surface area contributed by atoms with Gasteiger partial charge in [-0.25, -0.2) is 0 Å². The molecule has 0 saturated heterocycles. The molecular weight excluding hydrogens is 261 g/mol. The van der Waals surface area contributed by atoms with E-state index in [4.69, 9.17) is 23.2 Å². The average molecular weight is 270 g/mol. The summed E-state index contributed by atoms with van der Waals surface area (Å²) in [5.74, 6) is 0.136. The van der Waals surface area contributed by atoms with Crippen LogP contribution in [0.1, 0.15) is 16.1 Å². The monoisotopic (exact) mass is 269 g/mol. The quantitative estimate of drug-likeness (QED) is 0.879. The van der Waals surface area contributed by atoms with Crippen LogP contribution in [0.5, 0.6) is 0 Å². The summed E-state index contributed by atoms with van der Waals surface area (Å²) >= 11 is 11.7. The lowest BCUT2D eigenvalue weighted by atomic mass is 10.2. The highest BCUT2D eigenvalue weighted by Gasteiger charge is 2.11. The van der Waals surface area contributed by atoms with E-state index in [0.29, 0.717) is 21.4 Å². The van der Waals surface area contributed by atoms with Gasteiger partial charge in [-0.15, -0.1) is 0 Å². The van der Waals surface area contributed by atoms with Crippen molar-refractivity contribution in [3.05, 3.63) is 45.6 Å². The summed E-state index contributed by atoms with van der Waals surface area (Å²) in [6.07, 6.45) is 0. The normalized spacial score (nSPS) is 10.3. The number of aromatic nitrogens is 2. The van der Waals surface area contributed by atoms with Crippen LogP contribution >= 0.6 is 23.2 Å². The lowest BCUT2D eigenvalue weighted by Crippen LogP contribution is -2.12. The molecule has 2 N–H and O–H groups in total. The van der Waals surface area contributed by atoms with Crippen LogP contribution in [0, 0.1) is 6.92 Å². The van der Waals surface area contributed by atoms with Crippen LogP contribution in [0.2, 0.25) is 10.0 Å². The number of aromatic amines is 1. The van der Waals surface area contributed by atoms with Crippen molar-refractivity contribution in [2.75, 3.05) is 5.32 Å². The molecular formula is C11H9Cl2N3O. The summed E-state index contributed by atoms with van der Waals surface area (Å²) in [5.41, 5.74) is 1.22. The number of anilines is 1. The number of nitrogens with zero attached hydrogens (tertiary/aromatic N) is 1. The molecule has 0 fully saturated rings. The van der Waals surface area contributed by atoms with E-state index in [2.05, 4.69) is 15.5 Å². The molecule has 1 aromatic heterocycles. The molecule has 88 valence electrons. The van der Waals surface area contributed by atoms with Crippen LogP contribution < -0.4 is 5.32 Å². The van der Waals surface area contributed by atoms with Crippen LogP contribution in [-0.4, -0.2) is 16.1 Å². The first-order valence-corrected chi connectivity index (χ1v) is 5.60. The van der Waals surface area contributed by atoms with Crippen LogP contribution in [0.25, 0.3) is 0 Å². The zero-order chi connectivity index (χ0) is 12.4. The summed E-state index contributed by atoms with van der Waals surface area (Å²) in [5, 5.41) is 10.1. The van der Waals surface area contributed by atoms with Gasteiger partial charge < -0.3 is 5.32 Å². The second-order valence-corrected chi connectivity index (χ2v) is 4.36. The van der Waals surface area contributed by atoms with Gasteiger partial charge in [-0.3, -0.25) is 9.89 Å². The first-order chi connectivity index (χ1) is 8.06. The third-order valence-electron chi connectivity index (χ3n) is 2.12. The first-order valence-electron chi connectivity index (χ1n) is 4.84. The van der Waals surface area contributed by atoms with E-state index in [9.17, 15) is 4.79 Å². The Morgan fingerprint density at radius 1 is 1.35 bits per heavy atom. The Kier molecular flexibility index (Phi) is 3.36. The molecule has 1 aromatic carbocycles. The standard InChI is InChI=1S/C11H9Cl2N3O/c1-6-4-10(16-15-6)14-11(17)8-3-2-7(12)5-9(8)13/h2-5H,1H3,(H2,14,15,16,17). The van der Waals surface area contributed by atoms with Crippen molar-refractivity contribution in [1.82, 2.24) is 10.2 Å². The highest BCUT2D eigenvalue weighted by atomic mass is 35.5. The largest absolute Gasteiger partial charge is 0.305 e. The number of rotatable bonds is 2. The minimum Gasteiger partial charge on any atom is -0.305 e. The number of amides is 1. The van der Waals surface area contributed by atoms with Crippen molar-refractivity contribution in [2.45, 2.75) is 6.92 Å². The highest BCUT2D eigenvalue weighted by molar-refractivity contribution is 6.37. The van der Waals surface area contributed by atoms with Crippen LogP contribution in [0.4, 0.5) is 5.82 Å². The molecule has 2 rings (SSSR count). The van der Waals surface area contributed by atoms with E-state index < -0.39 is 0 Å². The van der Waals surface area contributed by atoms with E-state index in [1.165, 1.54) is 6.07 Å². The van der Waals surface area contributed by atoms with Crippen LogP contribution in [0.15, 0.2) is 24.3 Å². The van der Waals surface area contributed by atoms with Gasteiger partial charge in [0.2, 0.25) is 0 Å². The molecule has 0 aliphatic carbocycles. The summed E-state index contributed by atoms with van der Waals surface area (Å²) in [6, 6.07) is 6.42. The zero-order valence-corrected chi connectivity index (χ0v) is 10.4. The molecule has 0 bridgehead atoms. The molecule has 1 amide bonds. The molecule has 2 aromatic rings. The molecule has 17 heavy (non-hydrogen) atoms. The SMILES string of the molecule is Cc1cc(NC(=O)c2ccc(Cl)cc2Cl)n[nH]1. The molecule has 0 unspecified atom stereocenters. The summed E-state index contributed by atoms with van der Waals surface area (Å²) in [7, 11) is 0. The predicted molar refractivity (Wildman–Crippen MR) is 67.7 cm³/mol. The Balaban J connectivity index is 2.20. The number of hydrogen-bond acceptors (Lipinski definition) is 2. The van der Waals surface area contributed by atoms with Gasteiger partial charge in [0.05, 0.1) is 10.6 Å². The van der Waals surface area contributed by atoms with E-state index in [-0.39, 0.29) is 5.91 Å². The van der Waals surface area contributed by atoms with Gasteiger partial charge in [-0.05, 0) is 25.1 Å². The zero-order valence-electron chi connectivity index (χ0n) is 8.92. The van der Waals surface area contributed by atoms with E-state index in [1.54, 1.807) is 18.2 Å². The van der Waals surface area contributed by atoms with E-state index >= 15 is 0 Å². The Bertz CT molecular complexity index is 566. The van der Waals surface area contributed by atoms with Crippen molar-refractivity contribution in [3.8, 4) is 0 Å². The lowest BCUT2D eigenvalue weighted by Gasteiger charge is -2.04. The van der Waals surface area contributed by atoms with E-state index in [0.717, 1.165) is 5.69 Å². The maximum Gasteiger partial charge on any atom is 0.258 e. The number of benzene rings is 1. The van der Waals surface area contributed by atoms with Gasteiger partial charge in [-0.2, -0.15) is 5.10 Å². The van der Waals surface area contributed by atoms with Crippen molar-refractivity contribution < 1.29 is 4.79 Å². The molecule has 0 aliphatic heterocycles. The Hall–Kier alpha value is -1.52. The highest BCUT2D eigenvalue weighted by Crippen LogP contribution is 2.21. The van der Waals surface area contributed by atoms with E-state index in [1.807, 2.05) is 6.92 Å². The molecule has 6 heteroatoms. The molecule has 0 aliphatic rings. The van der Waals surface area contributed by atoms with Crippen molar-refractivity contribution >= 4 is 34.9 Å². The Labute approximate surface area is 108 Å². The van der Waals surface area contributed by atoms with Gasteiger partial charge in [0.25, 0.3) is 5.91 Å². The molecule has 0 spiro atoms. The maximum absolute atomic E-state index is 11.9. The topological polar surface area (TPSA) is 57.8 Å².